The van der Waals surface area contributed by atoms with Crippen LogP contribution in [0.3, 0.4) is 0 Å². The van der Waals surface area contributed by atoms with Crippen LogP contribution >= 0.6 is 0 Å². The minimum atomic E-state index is 0.551. The zero-order valence-corrected chi connectivity index (χ0v) is 28.5. The van der Waals surface area contributed by atoms with Crippen molar-refractivity contribution in [2.24, 2.45) is 0 Å². The van der Waals surface area contributed by atoms with Gasteiger partial charge in [0, 0.05) is 50.9 Å². The molecular formula is C48H30N4O. The van der Waals surface area contributed by atoms with Gasteiger partial charge in [0.05, 0.1) is 27.6 Å². The van der Waals surface area contributed by atoms with Gasteiger partial charge < -0.3 is 13.6 Å². The molecule has 5 heteroatoms. The monoisotopic (exact) mass is 678 g/mol. The normalized spacial score (nSPS) is 11.8. The largest absolute Gasteiger partial charge is 0.435 e. The van der Waals surface area contributed by atoms with Crippen LogP contribution in [0, 0.1) is 0 Å². The van der Waals surface area contributed by atoms with E-state index in [-0.39, 0.29) is 0 Å². The maximum atomic E-state index is 6.63. The molecule has 11 rings (SSSR count). The van der Waals surface area contributed by atoms with Gasteiger partial charge in [-0.15, -0.1) is 0 Å². The molecule has 0 fully saturated rings. The Morgan fingerprint density at radius 3 is 1.60 bits per heavy atom. The summed E-state index contributed by atoms with van der Waals surface area (Å²) in [6.45, 7) is 0. The van der Waals surface area contributed by atoms with Gasteiger partial charge in [-0.2, -0.15) is 0 Å². The summed E-state index contributed by atoms with van der Waals surface area (Å²) in [6.07, 6.45) is 3.56. The highest BCUT2D eigenvalue weighted by Gasteiger charge is 2.20. The second kappa shape index (κ2) is 11.7. The Balaban J connectivity index is 1.15. The van der Waals surface area contributed by atoms with E-state index in [1.165, 1.54) is 38.1 Å². The van der Waals surface area contributed by atoms with E-state index in [4.69, 9.17) is 9.40 Å². The maximum absolute atomic E-state index is 6.63. The van der Waals surface area contributed by atoms with Gasteiger partial charge in [0.15, 0.2) is 5.58 Å². The van der Waals surface area contributed by atoms with E-state index in [2.05, 4.69) is 172 Å². The van der Waals surface area contributed by atoms with Crippen molar-refractivity contribution in [1.29, 1.82) is 0 Å². The number of rotatable bonds is 5. The summed E-state index contributed by atoms with van der Waals surface area (Å²) >= 11 is 0. The number of hydrogen-bond acceptors (Lipinski definition) is 3. The molecular weight excluding hydrogens is 649 g/mol. The molecule has 4 heterocycles. The first-order valence-electron chi connectivity index (χ1n) is 17.8. The lowest BCUT2D eigenvalue weighted by molar-refractivity contribution is 0.620. The summed E-state index contributed by atoms with van der Waals surface area (Å²) < 4.78 is 11.3. The minimum absolute atomic E-state index is 0.551. The van der Waals surface area contributed by atoms with Crippen LogP contribution < -0.4 is 0 Å². The van der Waals surface area contributed by atoms with Crippen molar-refractivity contribution >= 4 is 54.7 Å². The number of aromatic nitrogens is 4. The summed E-state index contributed by atoms with van der Waals surface area (Å²) in [4.78, 5) is 9.39. The molecule has 0 aliphatic carbocycles. The summed E-state index contributed by atoms with van der Waals surface area (Å²) in [5.74, 6) is 0.551. The van der Waals surface area contributed by atoms with Gasteiger partial charge in [-0.1, -0.05) is 84.9 Å². The summed E-state index contributed by atoms with van der Waals surface area (Å²) in [5, 5.41) is 4.81. The SMILES string of the molecule is c1ccc(-n2c3ccccc3c3cc(-c4cc(-c5ccc6c(c5)c5ccccc5n6-c5ccccc5)c5oc(-c6cccnc6)nc5c4)ccc32)cc1. The van der Waals surface area contributed by atoms with Crippen molar-refractivity contribution in [3.8, 4) is 45.1 Å². The van der Waals surface area contributed by atoms with Crippen LogP contribution in [0.4, 0.5) is 0 Å². The van der Waals surface area contributed by atoms with Crippen molar-refractivity contribution in [3.05, 3.63) is 182 Å². The van der Waals surface area contributed by atoms with Crippen LogP contribution in [-0.2, 0) is 0 Å². The molecule has 4 aromatic heterocycles. The average molecular weight is 679 g/mol. The van der Waals surface area contributed by atoms with Gasteiger partial charge in [-0.3, -0.25) is 4.98 Å². The lowest BCUT2D eigenvalue weighted by atomic mass is 9.96. The molecule has 53 heavy (non-hydrogen) atoms. The highest BCUT2D eigenvalue weighted by atomic mass is 16.3. The molecule has 5 nitrogen and oxygen atoms in total. The predicted molar refractivity (Wildman–Crippen MR) is 217 cm³/mol. The molecule has 0 aliphatic rings. The number of para-hydroxylation sites is 4. The topological polar surface area (TPSA) is 48.8 Å². The third-order valence-corrected chi connectivity index (χ3v) is 10.4. The maximum Gasteiger partial charge on any atom is 0.228 e. The van der Waals surface area contributed by atoms with Crippen LogP contribution in [0.5, 0.6) is 0 Å². The van der Waals surface area contributed by atoms with E-state index in [0.29, 0.717) is 5.89 Å². The van der Waals surface area contributed by atoms with Crippen molar-refractivity contribution in [2.75, 3.05) is 0 Å². The molecule has 0 atom stereocenters. The van der Waals surface area contributed by atoms with Crippen molar-refractivity contribution < 1.29 is 4.42 Å². The molecule has 248 valence electrons. The average Bonchev–Trinajstić information content (AvgIpc) is 3.91. The second-order valence-electron chi connectivity index (χ2n) is 13.5. The van der Waals surface area contributed by atoms with E-state index < -0.39 is 0 Å². The molecule has 0 N–H and O–H groups in total. The number of hydrogen-bond donors (Lipinski definition) is 0. The molecule has 0 aliphatic heterocycles. The van der Waals surface area contributed by atoms with E-state index >= 15 is 0 Å². The zero-order chi connectivity index (χ0) is 34.9. The predicted octanol–water partition coefficient (Wildman–Crippen LogP) is 12.4. The van der Waals surface area contributed by atoms with Crippen LogP contribution in [0.25, 0.3) is 99.8 Å². The van der Waals surface area contributed by atoms with E-state index in [1.54, 1.807) is 12.4 Å². The molecule has 0 radical (unpaired) electrons. The van der Waals surface area contributed by atoms with Gasteiger partial charge in [-0.25, -0.2) is 4.98 Å². The first-order valence-corrected chi connectivity index (χ1v) is 17.8. The van der Waals surface area contributed by atoms with Gasteiger partial charge in [0.1, 0.15) is 5.52 Å². The summed E-state index contributed by atoms with van der Waals surface area (Å²) in [7, 11) is 0. The molecule has 0 amide bonds. The number of nitrogens with zero attached hydrogens (tertiary/aromatic N) is 4. The second-order valence-corrected chi connectivity index (χ2v) is 13.5. The summed E-state index contributed by atoms with van der Waals surface area (Å²) in [6, 6.07) is 60.3. The van der Waals surface area contributed by atoms with Gasteiger partial charge in [-0.05, 0) is 102 Å². The van der Waals surface area contributed by atoms with Crippen molar-refractivity contribution in [3.63, 3.8) is 0 Å². The molecule has 0 unspecified atom stereocenters. The summed E-state index contributed by atoms with van der Waals surface area (Å²) in [5.41, 5.74) is 13.6. The van der Waals surface area contributed by atoms with E-state index in [0.717, 1.165) is 55.8 Å². The molecule has 0 saturated heterocycles. The number of oxazole rings is 1. The van der Waals surface area contributed by atoms with Gasteiger partial charge in [0.25, 0.3) is 0 Å². The lowest BCUT2D eigenvalue weighted by Gasteiger charge is -2.10. The zero-order valence-electron chi connectivity index (χ0n) is 28.5. The first kappa shape index (κ1) is 29.5. The molecule has 0 saturated carbocycles. The smallest absolute Gasteiger partial charge is 0.228 e. The van der Waals surface area contributed by atoms with Crippen molar-refractivity contribution in [2.45, 2.75) is 0 Å². The van der Waals surface area contributed by atoms with Crippen molar-refractivity contribution in [1.82, 2.24) is 19.1 Å². The van der Waals surface area contributed by atoms with Crippen LogP contribution in [0.1, 0.15) is 0 Å². The highest BCUT2D eigenvalue weighted by molar-refractivity contribution is 6.12. The van der Waals surface area contributed by atoms with Crippen LogP contribution in [0.15, 0.2) is 187 Å². The Labute approximate surface area is 304 Å². The molecule has 0 spiro atoms. The lowest BCUT2D eigenvalue weighted by Crippen LogP contribution is -1.93. The molecule has 7 aromatic carbocycles. The third kappa shape index (κ3) is 4.64. The number of pyridine rings is 1. The standard InChI is InChI=1S/C48H30N4O/c1-3-13-35(14-4-1)51-43-19-9-7-17-37(43)40-26-31(21-23-45(40)51)34-28-39(47-42(29-34)50-48(53-47)33-12-11-25-49-30-33)32-22-24-46-41(27-32)38-18-8-10-20-44(38)52(46)36-15-5-2-6-16-36/h1-30H. The Hall–Kier alpha value is -7.24. The fourth-order valence-corrected chi connectivity index (χ4v) is 8.03. The van der Waals surface area contributed by atoms with E-state index in [1.807, 2.05) is 12.1 Å². The minimum Gasteiger partial charge on any atom is -0.435 e. The van der Waals surface area contributed by atoms with Gasteiger partial charge in [0.2, 0.25) is 5.89 Å². The third-order valence-electron chi connectivity index (χ3n) is 10.4. The Kier molecular flexibility index (Phi) is 6.48. The van der Waals surface area contributed by atoms with Gasteiger partial charge >= 0.3 is 0 Å². The highest BCUT2D eigenvalue weighted by Crippen LogP contribution is 2.41. The molecule has 11 aromatic rings. The fraction of sp³-hybridized carbons (Fsp3) is 0. The first-order chi connectivity index (χ1) is 26.3. The Bertz CT molecular complexity index is 3160. The number of benzene rings is 7. The Morgan fingerprint density at radius 1 is 0.415 bits per heavy atom. The van der Waals surface area contributed by atoms with Crippen LogP contribution in [-0.4, -0.2) is 19.1 Å². The van der Waals surface area contributed by atoms with E-state index in [9.17, 15) is 0 Å². The fourth-order valence-electron chi connectivity index (χ4n) is 8.03. The quantitative estimate of drug-likeness (QED) is 0.182. The molecule has 0 bridgehead atoms. The Morgan fingerprint density at radius 2 is 0.981 bits per heavy atom. The van der Waals surface area contributed by atoms with Crippen LogP contribution in [0.2, 0.25) is 0 Å². The number of fused-ring (bicyclic) bond motifs is 7.